The van der Waals surface area contributed by atoms with Gasteiger partial charge in [0.2, 0.25) is 12.4 Å². The maximum absolute atomic E-state index is 3.43. The van der Waals surface area contributed by atoms with Gasteiger partial charge in [-0.25, -0.2) is 0 Å². The monoisotopic (exact) mass is 539 g/mol. The molecule has 0 radical (unpaired) electrons. The van der Waals surface area contributed by atoms with Crippen molar-refractivity contribution in [2.24, 2.45) is 0 Å². The number of hydrogen-bond acceptors (Lipinski definition) is 1. The van der Waals surface area contributed by atoms with Gasteiger partial charge in [-0.2, -0.15) is 24.3 Å². The zero-order chi connectivity index (χ0) is 17.2. The molecule has 2 heterocycles. The van der Waals surface area contributed by atoms with Gasteiger partial charge in [-0.1, -0.05) is 52.4 Å². The van der Waals surface area contributed by atoms with Gasteiger partial charge in [0.1, 0.15) is 11.4 Å². The average Bonchev–Trinajstić information content (AvgIpc) is 3.24. The van der Waals surface area contributed by atoms with Crippen molar-refractivity contribution in [3.05, 3.63) is 73.3 Å². The summed E-state index contributed by atoms with van der Waals surface area (Å²) in [5.41, 5.74) is 1.93. The molecule has 26 heavy (non-hydrogen) atoms. The van der Waals surface area contributed by atoms with Crippen LogP contribution in [0.5, 0.6) is 0 Å². The molecule has 4 nitrogen and oxygen atoms in total. The molecule has 4 rings (SSSR count). The summed E-state index contributed by atoms with van der Waals surface area (Å²) in [7, 11) is 3.90. The van der Waals surface area contributed by atoms with Gasteiger partial charge in [0.25, 0.3) is 12.4 Å². The van der Waals surface area contributed by atoms with Gasteiger partial charge in [0.05, 0.1) is 0 Å². The summed E-state index contributed by atoms with van der Waals surface area (Å²) >= 11 is 1.64. The first-order valence-corrected chi connectivity index (χ1v) is 8.65. The van der Waals surface area contributed by atoms with Crippen LogP contribution >= 0.6 is 11.8 Å². The molecule has 0 fully saturated rings. The summed E-state index contributed by atoms with van der Waals surface area (Å²) in [6, 6.07) is 25.5. The number of benzene rings is 2. The number of rotatable bonds is 4. The topological polar surface area (TPSA) is 12.0 Å². The molecule has 2 aromatic carbocycles. The molecule has 2 aromatic rings. The molecule has 128 valence electrons. The van der Waals surface area contributed by atoms with Crippen molar-refractivity contribution in [1.82, 2.24) is 0 Å². The third kappa shape index (κ3) is 4.09. The summed E-state index contributed by atoms with van der Waals surface area (Å²) in [4.78, 5) is 2.08. The molecule has 2 aliphatic heterocycles. The van der Waals surface area contributed by atoms with E-state index in [-0.39, 0.29) is 21.1 Å². The van der Waals surface area contributed by atoms with Crippen molar-refractivity contribution in [2.45, 2.75) is 9.79 Å². The molecular weight excluding hydrogens is 523 g/mol. The second kappa shape index (κ2) is 7.95. The third-order valence-electron chi connectivity index (χ3n) is 3.65. The molecule has 0 spiro atoms. The second-order valence-electron chi connectivity index (χ2n) is 5.66. The second-order valence-corrected chi connectivity index (χ2v) is 6.74. The molecule has 0 aliphatic carbocycles. The molecule has 0 unspecified atom stereocenters. The van der Waals surface area contributed by atoms with Gasteiger partial charge in [-0.3, -0.25) is 0 Å². The van der Waals surface area contributed by atoms with E-state index in [1.165, 1.54) is 0 Å². The van der Waals surface area contributed by atoms with E-state index >= 15 is 0 Å². The Hall–Kier alpha value is -2.28. The molecule has 0 bridgehead atoms. The number of hydrogen-bond donors (Lipinski definition) is 0. The van der Waals surface area contributed by atoms with Gasteiger partial charge in [-0.15, -0.1) is 11.8 Å². The van der Waals surface area contributed by atoms with Crippen LogP contribution in [0.25, 0.3) is 0 Å². The van der Waals surface area contributed by atoms with E-state index in [1.807, 2.05) is 81.5 Å². The van der Waals surface area contributed by atoms with Crippen LogP contribution in [-0.2, 0) is 21.1 Å². The first-order chi connectivity index (χ1) is 12.2. The van der Waals surface area contributed by atoms with Gasteiger partial charge >= 0.3 is 33.1 Å². The molecule has 0 saturated carbocycles. The van der Waals surface area contributed by atoms with Crippen LogP contribution in [0.4, 0.5) is 11.4 Å². The van der Waals surface area contributed by atoms with E-state index in [0.29, 0.717) is 0 Å². The Kier molecular flexibility index (Phi) is 5.66. The smallest absolute Gasteiger partial charge is 0.165 e. The standard InChI is InChI=1S/C20H16N4S.Pt/c1-21-9-11-23(15-21)17-5-3-7-19(13-17)25-20-8-4-6-18(14-20)24-12-10-22(2)16-24;/h3-12H,1-2H3;/q2*+2. The van der Waals surface area contributed by atoms with Crippen molar-refractivity contribution in [1.29, 1.82) is 0 Å². The van der Waals surface area contributed by atoms with Gasteiger partial charge < -0.3 is 0 Å². The Morgan fingerprint density at radius 1 is 0.731 bits per heavy atom. The molecule has 2 aliphatic rings. The maximum Gasteiger partial charge on any atom is 2.00 e. The minimum absolute atomic E-state index is 0. The van der Waals surface area contributed by atoms with E-state index < -0.39 is 0 Å². The van der Waals surface area contributed by atoms with Crippen LogP contribution in [0.1, 0.15) is 0 Å². The summed E-state index contributed by atoms with van der Waals surface area (Å²) < 4.78 is 7.63. The van der Waals surface area contributed by atoms with Crippen LogP contribution in [0.3, 0.4) is 0 Å². The Labute approximate surface area is 171 Å². The van der Waals surface area contributed by atoms with Crippen LogP contribution in [0, 0.1) is 12.1 Å². The number of nitrogens with zero attached hydrogens (tertiary/aromatic N) is 4. The fourth-order valence-corrected chi connectivity index (χ4v) is 3.31. The van der Waals surface area contributed by atoms with Gasteiger partial charge in [0, 0.05) is 0 Å². The maximum atomic E-state index is 3.43. The Bertz CT molecular complexity index is 983. The van der Waals surface area contributed by atoms with Crippen molar-refractivity contribution in [2.75, 3.05) is 14.1 Å². The fourth-order valence-electron chi connectivity index (χ4n) is 2.47. The van der Waals surface area contributed by atoms with Crippen molar-refractivity contribution >= 4 is 35.2 Å². The normalized spacial score (nSPS) is 14.5. The van der Waals surface area contributed by atoms with Crippen LogP contribution in [0.2, 0.25) is 0 Å². The van der Waals surface area contributed by atoms with Crippen LogP contribution in [0.15, 0.2) is 71.0 Å². The minimum Gasteiger partial charge on any atom is -0.165 e. The summed E-state index contributed by atoms with van der Waals surface area (Å²) in [6.45, 7) is 0. The molecule has 0 atom stereocenters. The molecule has 0 N–H and O–H groups in total. The van der Waals surface area contributed by atoms with Gasteiger partial charge in [-0.05, 0) is 0 Å². The third-order valence-corrected chi connectivity index (χ3v) is 4.57. The summed E-state index contributed by atoms with van der Waals surface area (Å²) in [5, 5.41) is 0. The van der Waals surface area contributed by atoms with E-state index in [0.717, 1.165) is 21.2 Å². The van der Waals surface area contributed by atoms with E-state index in [1.54, 1.807) is 11.8 Å². The van der Waals surface area contributed by atoms with Crippen molar-refractivity contribution < 1.29 is 39.4 Å². The average molecular weight is 540 g/mol. The Morgan fingerprint density at radius 3 is 1.58 bits per heavy atom. The zero-order valence-corrected chi connectivity index (χ0v) is 17.4. The Morgan fingerprint density at radius 2 is 1.19 bits per heavy atom. The molecule has 0 saturated heterocycles. The predicted molar refractivity (Wildman–Crippen MR) is 95.2 cm³/mol. The Balaban J connectivity index is 0.00000196. The van der Waals surface area contributed by atoms with Crippen LogP contribution in [-0.4, -0.2) is 44.4 Å². The first-order valence-electron chi connectivity index (χ1n) is 7.83. The summed E-state index contributed by atoms with van der Waals surface area (Å²) in [5.74, 6) is 0. The van der Waals surface area contributed by atoms with Crippen molar-refractivity contribution in [3.63, 3.8) is 0 Å². The van der Waals surface area contributed by atoms with Crippen molar-refractivity contribution in [3.8, 4) is 0 Å². The summed E-state index contributed by atoms with van der Waals surface area (Å²) in [6.07, 6.45) is 7.85. The zero-order valence-electron chi connectivity index (χ0n) is 14.3. The van der Waals surface area contributed by atoms with Gasteiger partial charge in [0.15, 0.2) is 14.1 Å². The largest absolute Gasteiger partial charge is 2.00 e. The van der Waals surface area contributed by atoms with E-state index in [9.17, 15) is 0 Å². The predicted octanol–water partition coefficient (Wildman–Crippen LogP) is 3.33. The minimum atomic E-state index is 0. The molecule has 0 amide bonds. The quantitative estimate of drug-likeness (QED) is 0.429. The van der Waals surface area contributed by atoms with E-state index in [4.69, 9.17) is 0 Å². The molecular formula is C20H16N4PtS+4. The SMILES string of the molecule is C[N+]1=C=[N+](c2[c-]c(Sc3[c-]c([N+]4=C=[N+](C)C=C4)ccc3)ccc2)C=C1.[Pt+2]. The first kappa shape index (κ1) is 18.5. The van der Waals surface area contributed by atoms with Crippen LogP contribution < -0.4 is 0 Å². The molecule has 6 heteroatoms. The molecule has 0 aromatic heterocycles. The van der Waals surface area contributed by atoms with E-state index in [2.05, 4.69) is 36.3 Å². The fraction of sp³-hybridized carbons (Fsp3) is 0.100.